The van der Waals surface area contributed by atoms with Gasteiger partial charge in [0.2, 0.25) is 0 Å². The van der Waals surface area contributed by atoms with E-state index in [0.29, 0.717) is 25.7 Å². The lowest BCUT2D eigenvalue weighted by Crippen LogP contribution is -2.60. The van der Waals surface area contributed by atoms with Crippen molar-refractivity contribution in [2.45, 2.75) is 114 Å². The molecule has 212 valence electrons. The largest absolute Gasteiger partial charge is 0.394 e. The molecule has 3 rings (SSSR count). The molecular weight excluding hydrogens is 480 g/mol. The molecule has 0 spiro atoms. The van der Waals surface area contributed by atoms with Crippen LogP contribution in [0.1, 0.15) is 46.5 Å². The predicted molar refractivity (Wildman–Crippen MR) is 123 cm³/mol. The first-order chi connectivity index (χ1) is 16.9. The van der Waals surface area contributed by atoms with Crippen LogP contribution in [0.15, 0.2) is 0 Å². The molecule has 12 nitrogen and oxygen atoms in total. The summed E-state index contributed by atoms with van der Waals surface area (Å²) in [6, 6.07) is 0. The van der Waals surface area contributed by atoms with Gasteiger partial charge in [0.05, 0.1) is 32.0 Å². The Hall–Kier alpha value is -0.480. The van der Waals surface area contributed by atoms with Crippen molar-refractivity contribution in [1.29, 1.82) is 0 Å². The molecule has 0 aromatic carbocycles. The van der Waals surface area contributed by atoms with Gasteiger partial charge in [0.25, 0.3) is 0 Å². The summed E-state index contributed by atoms with van der Waals surface area (Å²) >= 11 is 0. The number of aliphatic hydroxyl groups is 8. The van der Waals surface area contributed by atoms with Gasteiger partial charge in [0.15, 0.2) is 12.6 Å². The van der Waals surface area contributed by atoms with E-state index in [0.717, 1.165) is 0 Å². The van der Waals surface area contributed by atoms with E-state index in [1.165, 1.54) is 0 Å². The molecule has 1 aliphatic carbocycles. The first kappa shape index (κ1) is 30.1. The van der Waals surface area contributed by atoms with Crippen LogP contribution in [0.4, 0.5) is 0 Å². The Labute approximate surface area is 211 Å². The second-order valence-electron chi connectivity index (χ2n) is 11.2. The molecule has 2 aliphatic heterocycles. The first-order valence-electron chi connectivity index (χ1n) is 12.8. The Bertz CT molecular complexity index is 677. The maximum atomic E-state index is 10.3. The highest BCUT2D eigenvalue weighted by atomic mass is 16.7. The fourth-order valence-electron chi connectivity index (χ4n) is 5.98. The molecule has 2 saturated heterocycles. The van der Waals surface area contributed by atoms with E-state index < -0.39 is 68.0 Å². The zero-order chi connectivity index (χ0) is 26.8. The Balaban J connectivity index is 1.55. The van der Waals surface area contributed by atoms with Gasteiger partial charge >= 0.3 is 0 Å². The monoisotopic (exact) mass is 524 g/mol. The van der Waals surface area contributed by atoms with Crippen LogP contribution < -0.4 is 0 Å². The van der Waals surface area contributed by atoms with Crippen LogP contribution in [-0.2, 0) is 18.9 Å². The lowest BCUT2D eigenvalue weighted by molar-refractivity contribution is -0.316. The predicted octanol–water partition coefficient (Wildman–Crippen LogP) is -2.16. The van der Waals surface area contributed by atoms with Gasteiger partial charge in [-0.3, -0.25) is 0 Å². The molecule has 2 heterocycles. The fraction of sp³-hybridized carbons (Fsp3) is 1.00. The lowest BCUT2D eigenvalue weighted by Gasteiger charge is -2.48. The van der Waals surface area contributed by atoms with Crippen LogP contribution in [0.25, 0.3) is 0 Å². The van der Waals surface area contributed by atoms with Crippen LogP contribution in [0.2, 0.25) is 0 Å². The van der Waals surface area contributed by atoms with E-state index in [9.17, 15) is 40.9 Å². The van der Waals surface area contributed by atoms with E-state index >= 15 is 0 Å². The Morgan fingerprint density at radius 3 is 2.19 bits per heavy atom. The highest BCUT2D eigenvalue weighted by molar-refractivity contribution is 4.94. The smallest absolute Gasteiger partial charge is 0.186 e. The van der Waals surface area contributed by atoms with E-state index in [-0.39, 0.29) is 36.6 Å². The number of hydrogen-bond donors (Lipinski definition) is 8. The van der Waals surface area contributed by atoms with Crippen molar-refractivity contribution in [3.63, 3.8) is 0 Å². The minimum absolute atomic E-state index is 0.177. The number of ether oxygens (including phenoxy) is 4. The van der Waals surface area contributed by atoms with Crippen molar-refractivity contribution in [3.8, 4) is 0 Å². The zero-order valence-electron chi connectivity index (χ0n) is 21.2. The topological polar surface area (TPSA) is 199 Å². The number of aliphatic hydroxyl groups excluding tert-OH is 8. The molecule has 13 atom stereocenters. The minimum atomic E-state index is -1.49. The summed E-state index contributed by atoms with van der Waals surface area (Å²) in [6.07, 6.45) is -10.2. The first-order valence-corrected chi connectivity index (χ1v) is 12.8. The number of rotatable bonds is 9. The van der Waals surface area contributed by atoms with Crippen molar-refractivity contribution < 1.29 is 59.8 Å². The second-order valence-corrected chi connectivity index (χ2v) is 11.2. The summed E-state index contributed by atoms with van der Waals surface area (Å²) in [5, 5.41) is 79.2. The third-order valence-electron chi connectivity index (χ3n) is 8.04. The quantitative estimate of drug-likeness (QED) is 0.163. The summed E-state index contributed by atoms with van der Waals surface area (Å²) in [5.74, 6) is 0.422. The molecule has 36 heavy (non-hydrogen) atoms. The van der Waals surface area contributed by atoms with Crippen LogP contribution in [0.5, 0.6) is 0 Å². The molecule has 3 aliphatic rings. The maximum absolute atomic E-state index is 10.3. The highest BCUT2D eigenvalue weighted by Gasteiger charge is 2.47. The summed E-state index contributed by atoms with van der Waals surface area (Å²) in [4.78, 5) is 0. The van der Waals surface area contributed by atoms with Crippen molar-refractivity contribution in [1.82, 2.24) is 0 Å². The van der Waals surface area contributed by atoms with Gasteiger partial charge in [-0.25, -0.2) is 0 Å². The van der Waals surface area contributed by atoms with Crippen molar-refractivity contribution >= 4 is 0 Å². The molecular formula is C24H44O12. The van der Waals surface area contributed by atoms with Crippen molar-refractivity contribution in [3.05, 3.63) is 0 Å². The molecule has 12 heteroatoms. The molecule has 0 bridgehead atoms. The summed E-state index contributed by atoms with van der Waals surface area (Å²) in [5.41, 5.74) is -0.197. The van der Waals surface area contributed by atoms with E-state index in [1.54, 1.807) is 0 Å². The average Bonchev–Trinajstić information content (AvgIpc) is 2.82. The zero-order valence-corrected chi connectivity index (χ0v) is 21.2. The van der Waals surface area contributed by atoms with Gasteiger partial charge in [-0.15, -0.1) is 0 Å². The van der Waals surface area contributed by atoms with Crippen LogP contribution >= 0.6 is 0 Å². The second kappa shape index (κ2) is 12.6. The highest BCUT2D eigenvalue weighted by Crippen LogP contribution is 2.48. The fourth-order valence-corrected chi connectivity index (χ4v) is 5.98. The summed E-state index contributed by atoms with van der Waals surface area (Å²) in [7, 11) is 0. The van der Waals surface area contributed by atoms with Gasteiger partial charge in [-0.05, 0) is 42.9 Å². The third kappa shape index (κ3) is 6.74. The Morgan fingerprint density at radius 1 is 0.917 bits per heavy atom. The lowest BCUT2D eigenvalue weighted by atomic mass is 9.61. The van der Waals surface area contributed by atoms with Gasteiger partial charge < -0.3 is 59.8 Å². The minimum Gasteiger partial charge on any atom is -0.394 e. The Morgan fingerprint density at radius 2 is 1.58 bits per heavy atom. The third-order valence-corrected chi connectivity index (χ3v) is 8.04. The molecule has 1 saturated carbocycles. The summed E-state index contributed by atoms with van der Waals surface area (Å²) in [6.45, 7) is 5.32. The molecule has 0 unspecified atom stereocenters. The van der Waals surface area contributed by atoms with Crippen LogP contribution in [0.3, 0.4) is 0 Å². The van der Waals surface area contributed by atoms with Gasteiger partial charge in [-0.2, -0.15) is 0 Å². The molecule has 3 fully saturated rings. The van der Waals surface area contributed by atoms with E-state index in [1.807, 2.05) is 0 Å². The van der Waals surface area contributed by atoms with Gasteiger partial charge in [0.1, 0.15) is 42.7 Å². The molecule has 0 radical (unpaired) electrons. The summed E-state index contributed by atoms with van der Waals surface area (Å²) < 4.78 is 22.5. The normalized spacial score (nSPS) is 46.4. The van der Waals surface area contributed by atoms with Crippen molar-refractivity contribution in [2.24, 2.45) is 17.3 Å². The van der Waals surface area contributed by atoms with Crippen LogP contribution in [-0.4, -0.2) is 128 Å². The SMILES string of the molecule is C[C@@H]1C[C@H](O[C@@H]2O[C@H](CO)[C@@H](O)[C@H](O)[C@H]2O)CC(C)(C)[C@H]1CC[C@@H](CO)O[C@@H]1OC[C@@H](O)[C@H](O)[C@H]1O. The number of hydrogen-bond acceptors (Lipinski definition) is 12. The average molecular weight is 525 g/mol. The molecule has 0 aromatic heterocycles. The van der Waals surface area contributed by atoms with Gasteiger partial charge in [0, 0.05) is 0 Å². The molecule has 0 aromatic rings. The van der Waals surface area contributed by atoms with E-state index in [2.05, 4.69) is 20.8 Å². The maximum Gasteiger partial charge on any atom is 0.186 e. The van der Waals surface area contributed by atoms with Gasteiger partial charge in [-0.1, -0.05) is 20.8 Å². The molecule has 0 amide bonds. The Kier molecular flexibility index (Phi) is 10.5. The van der Waals surface area contributed by atoms with Crippen molar-refractivity contribution in [2.75, 3.05) is 19.8 Å². The molecule has 8 N–H and O–H groups in total. The van der Waals surface area contributed by atoms with Crippen LogP contribution in [0, 0.1) is 17.3 Å². The van der Waals surface area contributed by atoms with E-state index in [4.69, 9.17) is 18.9 Å². The standard InChI is InChI=1S/C24H44O12/c1-11-6-13(35-23-21(32)19(30)18(29)16(9-26)36-23)7-24(2,3)14(11)5-4-12(8-25)34-22-20(31)17(28)15(27)10-33-22/h11-23,25-32H,4-10H2,1-3H3/t11-,12+,13+,14+,15-,16-,17+,18-,19+,20-,21-,22+,23-/m1/s1.